The van der Waals surface area contributed by atoms with Crippen molar-refractivity contribution in [2.24, 2.45) is 5.92 Å². The Kier molecular flexibility index (Phi) is 7.65. The second-order valence-electron chi connectivity index (χ2n) is 7.82. The molecule has 0 heterocycles. The zero-order valence-electron chi connectivity index (χ0n) is 18.2. The number of halogens is 2. The van der Waals surface area contributed by atoms with Crippen molar-refractivity contribution in [3.8, 4) is 5.75 Å². The van der Waals surface area contributed by atoms with Crippen LogP contribution >= 0.6 is 0 Å². The molecular formula is C24H24F2N2O4S. The molecule has 0 spiro atoms. The topological polar surface area (TPSA) is 75.7 Å². The molecular weight excluding hydrogens is 450 g/mol. The maximum atomic E-state index is 13.9. The lowest BCUT2D eigenvalue weighted by Gasteiger charge is -2.25. The van der Waals surface area contributed by atoms with Gasteiger partial charge in [-0.2, -0.15) is 8.42 Å². The van der Waals surface area contributed by atoms with E-state index in [1.807, 2.05) is 13.8 Å². The van der Waals surface area contributed by atoms with E-state index in [1.54, 1.807) is 18.2 Å². The van der Waals surface area contributed by atoms with Gasteiger partial charge in [-0.25, -0.2) is 13.6 Å². The number of hydrogen-bond acceptors (Lipinski definition) is 4. The predicted molar refractivity (Wildman–Crippen MR) is 121 cm³/mol. The Morgan fingerprint density at radius 2 is 1.70 bits per heavy atom. The van der Waals surface area contributed by atoms with Gasteiger partial charge >= 0.3 is 16.1 Å². The van der Waals surface area contributed by atoms with Crippen LogP contribution in [-0.4, -0.2) is 25.9 Å². The van der Waals surface area contributed by atoms with Crippen molar-refractivity contribution < 1.29 is 26.2 Å². The van der Waals surface area contributed by atoms with Crippen LogP contribution in [0.5, 0.6) is 5.75 Å². The molecule has 3 aromatic carbocycles. The summed E-state index contributed by atoms with van der Waals surface area (Å²) in [6.07, 6.45) is 0. The van der Waals surface area contributed by atoms with E-state index in [0.29, 0.717) is 12.1 Å². The normalized spacial score (nSPS) is 11.3. The molecule has 0 aromatic heterocycles. The highest BCUT2D eigenvalue weighted by molar-refractivity contribution is 7.87. The minimum Gasteiger partial charge on any atom is -0.379 e. The van der Waals surface area contributed by atoms with E-state index in [1.165, 1.54) is 35.2 Å². The van der Waals surface area contributed by atoms with Gasteiger partial charge in [0.25, 0.3) is 0 Å². The highest BCUT2D eigenvalue weighted by Crippen LogP contribution is 2.22. The molecule has 174 valence electrons. The zero-order chi connectivity index (χ0) is 24.0. The van der Waals surface area contributed by atoms with Crippen LogP contribution in [0.15, 0.2) is 77.7 Å². The minimum atomic E-state index is -4.16. The standard InChI is InChI=1S/C24H24F2N2O4S/c1-17(2)15-28(24(29)27-23-9-4-3-8-22(23)26)16-18-6-5-7-20(14-18)32-33(30,31)21-12-10-19(25)11-13-21/h3-14,17H,15-16H2,1-2H3,(H,27,29). The van der Waals surface area contributed by atoms with Gasteiger partial charge in [0.05, 0.1) is 5.69 Å². The maximum absolute atomic E-state index is 13.9. The molecule has 0 aliphatic heterocycles. The van der Waals surface area contributed by atoms with E-state index in [0.717, 1.165) is 24.3 Å². The number of nitrogens with zero attached hydrogens (tertiary/aromatic N) is 1. The van der Waals surface area contributed by atoms with Crippen LogP contribution in [0.2, 0.25) is 0 Å². The van der Waals surface area contributed by atoms with E-state index in [9.17, 15) is 22.0 Å². The predicted octanol–water partition coefficient (Wildman–Crippen LogP) is 5.42. The van der Waals surface area contributed by atoms with Gasteiger partial charge in [0.1, 0.15) is 22.3 Å². The average Bonchev–Trinajstić information content (AvgIpc) is 2.75. The zero-order valence-corrected chi connectivity index (χ0v) is 19.0. The number of nitrogens with one attached hydrogen (secondary N) is 1. The van der Waals surface area contributed by atoms with Gasteiger partial charge in [0.15, 0.2) is 0 Å². The smallest absolute Gasteiger partial charge is 0.339 e. The lowest BCUT2D eigenvalue weighted by Crippen LogP contribution is -2.37. The van der Waals surface area contributed by atoms with Gasteiger partial charge in [-0.15, -0.1) is 0 Å². The molecule has 6 nitrogen and oxygen atoms in total. The first-order valence-electron chi connectivity index (χ1n) is 10.2. The fraction of sp³-hybridized carbons (Fsp3) is 0.208. The van der Waals surface area contributed by atoms with E-state index in [2.05, 4.69) is 5.32 Å². The molecule has 2 amide bonds. The van der Waals surface area contributed by atoms with Crippen molar-refractivity contribution in [2.75, 3.05) is 11.9 Å². The molecule has 1 N–H and O–H groups in total. The highest BCUT2D eigenvalue weighted by atomic mass is 32.2. The summed E-state index contributed by atoms with van der Waals surface area (Å²) in [5.74, 6) is -0.919. The largest absolute Gasteiger partial charge is 0.379 e. The summed E-state index contributed by atoms with van der Waals surface area (Å²) in [7, 11) is -4.16. The van der Waals surface area contributed by atoms with Crippen LogP contribution in [-0.2, 0) is 16.7 Å². The molecule has 0 saturated carbocycles. The fourth-order valence-electron chi connectivity index (χ4n) is 3.11. The van der Waals surface area contributed by atoms with E-state index in [4.69, 9.17) is 4.18 Å². The molecule has 0 bridgehead atoms. The molecule has 0 radical (unpaired) electrons. The number of anilines is 1. The lowest BCUT2D eigenvalue weighted by atomic mass is 10.1. The van der Waals surface area contributed by atoms with Gasteiger partial charge < -0.3 is 14.4 Å². The molecule has 3 rings (SSSR count). The quantitative estimate of drug-likeness (QED) is 0.442. The Labute approximate surface area is 191 Å². The average molecular weight is 475 g/mol. The van der Waals surface area contributed by atoms with Crippen molar-refractivity contribution in [1.82, 2.24) is 4.90 Å². The third kappa shape index (κ3) is 6.76. The Morgan fingerprint density at radius 3 is 2.36 bits per heavy atom. The first-order valence-corrected chi connectivity index (χ1v) is 11.6. The Morgan fingerprint density at radius 1 is 1.00 bits per heavy atom. The van der Waals surface area contributed by atoms with Crippen LogP contribution in [0.1, 0.15) is 19.4 Å². The molecule has 0 aliphatic rings. The molecule has 0 unspecified atom stereocenters. The third-order valence-corrected chi connectivity index (χ3v) is 5.83. The van der Waals surface area contributed by atoms with Crippen molar-refractivity contribution in [3.63, 3.8) is 0 Å². The number of para-hydroxylation sites is 1. The van der Waals surface area contributed by atoms with Crippen molar-refractivity contribution in [1.29, 1.82) is 0 Å². The van der Waals surface area contributed by atoms with Gasteiger partial charge in [0, 0.05) is 13.1 Å². The molecule has 3 aromatic rings. The number of amides is 2. The summed E-state index contributed by atoms with van der Waals surface area (Å²) >= 11 is 0. The van der Waals surface area contributed by atoms with Crippen LogP contribution in [0, 0.1) is 17.6 Å². The number of hydrogen-bond donors (Lipinski definition) is 1. The molecule has 33 heavy (non-hydrogen) atoms. The van der Waals surface area contributed by atoms with Gasteiger partial charge in [-0.3, -0.25) is 0 Å². The lowest BCUT2D eigenvalue weighted by molar-refractivity contribution is 0.201. The summed E-state index contributed by atoms with van der Waals surface area (Å²) in [5, 5.41) is 2.57. The monoisotopic (exact) mass is 474 g/mol. The van der Waals surface area contributed by atoms with Crippen LogP contribution in [0.25, 0.3) is 0 Å². The Balaban J connectivity index is 1.77. The number of rotatable bonds is 8. The van der Waals surface area contributed by atoms with Gasteiger partial charge in [-0.1, -0.05) is 38.1 Å². The minimum absolute atomic E-state index is 0.0517. The second kappa shape index (κ2) is 10.4. The highest BCUT2D eigenvalue weighted by Gasteiger charge is 2.19. The second-order valence-corrected chi connectivity index (χ2v) is 9.37. The Hall–Kier alpha value is -3.46. The summed E-state index contributed by atoms with van der Waals surface area (Å²) in [6.45, 7) is 4.42. The maximum Gasteiger partial charge on any atom is 0.339 e. The van der Waals surface area contributed by atoms with Gasteiger partial charge in [0.2, 0.25) is 0 Å². The summed E-state index contributed by atoms with van der Waals surface area (Å²) in [6, 6.07) is 16.0. The number of carbonyl (C=O) groups excluding carboxylic acids is 1. The first kappa shape index (κ1) is 24.2. The van der Waals surface area contributed by atoms with Crippen molar-refractivity contribution in [3.05, 3.63) is 90.0 Å². The van der Waals surface area contributed by atoms with Gasteiger partial charge in [-0.05, 0) is 60.0 Å². The fourth-order valence-corrected chi connectivity index (χ4v) is 4.03. The van der Waals surface area contributed by atoms with Crippen LogP contribution in [0.3, 0.4) is 0 Å². The number of urea groups is 1. The van der Waals surface area contributed by atoms with E-state index >= 15 is 0 Å². The summed E-state index contributed by atoms with van der Waals surface area (Å²) in [4.78, 5) is 14.1. The summed E-state index contributed by atoms with van der Waals surface area (Å²) < 4.78 is 57.2. The van der Waals surface area contributed by atoms with Crippen molar-refractivity contribution in [2.45, 2.75) is 25.3 Å². The Bertz CT molecular complexity index is 1220. The van der Waals surface area contributed by atoms with Crippen LogP contribution in [0.4, 0.5) is 19.3 Å². The first-order chi connectivity index (χ1) is 15.6. The van der Waals surface area contributed by atoms with Crippen LogP contribution < -0.4 is 9.50 Å². The molecule has 0 atom stereocenters. The SMILES string of the molecule is CC(C)CN(Cc1cccc(OS(=O)(=O)c2ccc(F)cc2)c1)C(=O)Nc1ccccc1F. The summed E-state index contributed by atoms with van der Waals surface area (Å²) in [5.41, 5.74) is 0.685. The molecule has 0 saturated heterocycles. The number of benzene rings is 3. The number of carbonyl (C=O) groups is 1. The molecule has 9 heteroatoms. The van der Waals surface area contributed by atoms with E-state index in [-0.39, 0.29) is 28.8 Å². The molecule has 0 aliphatic carbocycles. The molecule has 0 fully saturated rings. The third-order valence-electron chi connectivity index (χ3n) is 4.57. The van der Waals surface area contributed by atoms with Crippen molar-refractivity contribution >= 4 is 21.8 Å². The van der Waals surface area contributed by atoms with E-state index < -0.39 is 27.8 Å².